The van der Waals surface area contributed by atoms with Crippen molar-refractivity contribution in [2.45, 2.75) is 20.3 Å². The van der Waals surface area contributed by atoms with Crippen molar-refractivity contribution in [3.05, 3.63) is 29.3 Å². The number of hydrogen-bond acceptors (Lipinski definition) is 4. The standard InChI is InChI=1S/C14H18O4/c1-9-7-11(5-6-13(9)17-3)12(15)8-10(2)14(16)18-4/h5-7,10H,8H2,1-4H3. The first-order chi connectivity index (χ1) is 8.49. The van der Waals surface area contributed by atoms with Crippen LogP contribution in [0.1, 0.15) is 29.3 Å². The summed E-state index contributed by atoms with van der Waals surface area (Å²) in [5, 5.41) is 0. The molecule has 4 heteroatoms. The Balaban J connectivity index is 2.79. The zero-order chi connectivity index (χ0) is 13.7. The summed E-state index contributed by atoms with van der Waals surface area (Å²) in [6.07, 6.45) is 0.151. The Hall–Kier alpha value is -1.84. The monoisotopic (exact) mass is 250 g/mol. The number of aryl methyl sites for hydroxylation is 1. The van der Waals surface area contributed by atoms with Gasteiger partial charge in [0.1, 0.15) is 5.75 Å². The van der Waals surface area contributed by atoms with Crippen molar-refractivity contribution in [1.29, 1.82) is 0 Å². The summed E-state index contributed by atoms with van der Waals surface area (Å²) < 4.78 is 9.73. The molecule has 1 unspecified atom stereocenters. The summed E-state index contributed by atoms with van der Waals surface area (Å²) >= 11 is 0. The Morgan fingerprint density at radius 1 is 1.28 bits per heavy atom. The van der Waals surface area contributed by atoms with E-state index >= 15 is 0 Å². The summed E-state index contributed by atoms with van der Waals surface area (Å²) in [6.45, 7) is 3.56. The molecule has 98 valence electrons. The molecule has 18 heavy (non-hydrogen) atoms. The van der Waals surface area contributed by atoms with Gasteiger partial charge in [-0.3, -0.25) is 9.59 Å². The average Bonchev–Trinajstić information content (AvgIpc) is 2.37. The molecule has 1 aromatic rings. The maximum atomic E-state index is 12.0. The average molecular weight is 250 g/mol. The number of ketones is 1. The molecule has 0 aliphatic carbocycles. The summed E-state index contributed by atoms with van der Waals surface area (Å²) in [5.41, 5.74) is 1.48. The Morgan fingerprint density at radius 3 is 2.44 bits per heavy atom. The number of rotatable bonds is 5. The normalized spacial score (nSPS) is 11.8. The Morgan fingerprint density at radius 2 is 1.94 bits per heavy atom. The van der Waals surface area contributed by atoms with Gasteiger partial charge in [0.15, 0.2) is 5.78 Å². The SMILES string of the molecule is COC(=O)C(C)CC(=O)c1ccc(OC)c(C)c1. The molecule has 0 heterocycles. The second kappa shape index (κ2) is 6.19. The van der Waals surface area contributed by atoms with Gasteiger partial charge in [-0.15, -0.1) is 0 Å². The highest BCUT2D eigenvalue weighted by atomic mass is 16.5. The van der Waals surface area contributed by atoms with Gasteiger partial charge in [-0.2, -0.15) is 0 Å². The third-order valence-corrected chi connectivity index (χ3v) is 2.81. The lowest BCUT2D eigenvalue weighted by atomic mass is 9.98. The molecule has 1 atom stereocenters. The van der Waals surface area contributed by atoms with Crippen LogP contribution in [-0.4, -0.2) is 26.0 Å². The second-order valence-electron chi connectivity index (χ2n) is 4.24. The first-order valence-corrected chi connectivity index (χ1v) is 5.75. The van der Waals surface area contributed by atoms with Gasteiger partial charge in [0, 0.05) is 12.0 Å². The third-order valence-electron chi connectivity index (χ3n) is 2.81. The number of carbonyl (C=O) groups is 2. The number of hydrogen-bond donors (Lipinski definition) is 0. The van der Waals surface area contributed by atoms with Crippen LogP contribution in [0.15, 0.2) is 18.2 Å². The highest BCUT2D eigenvalue weighted by Crippen LogP contribution is 2.20. The fourth-order valence-corrected chi connectivity index (χ4v) is 1.73. The van der Waals surface area contributed by atoms with Crippen LogP contribution in [-0.2, 0) is 9.53 Å². The first kappa shape index (κ1) is 14.2. The predicted molar refractivity (Wildman–Crippen MR) is 67.9 cm³/mol. The largest absolute Gasteiger partial charge is 0.496 e. The van der Waals surface area contributed by atoms with Crippen LogP contribution >= 0.6 is 0 Å². The van der Waals surface area contributed by atoms with Gasteiger partial charge >= 0.3 is 5.97 Å². The number of carbonyl (C=O) groups excluding carboxylic acids is 2. The van der Waals surface area contributed by atoms with Crippen LogP contribution in [0.5, 0.6) is 5.75 Å². The lowest BCUT2D eigenvalue weighted by molar-refractivity contribution is -0.144. The highest BCUT2D eigenvalue weighted by molar-refractivity contribution is 5.98. The number of esters is 1. The fraction of sp³-hybridized carbons (Fsp3) is 0.429. The minimum absolute atomic E-state index is 0.0707. The van der Waals surface area contributed by atoms with Crippen molar-refractivity contribution in [2.75, 3.05) is 14.2 Å². The molecule has 1 aromatic carbocycles. The topological polar surface area (TPSA) is 52.6 Å². The molecule has 0 saturated heterocycles. The number of Topliss-reactive ketones (excluding diaryl/α,β-unsaturated/α-hetero) is 1. The van der Waals surface area contributed by atoms with Gasteiger partial charge in [-0.25, -0.2) is 0 Å². The van der Waals surface area contributed by atoms with Crippen molar-refractivity contribution in [3.63, 3.8) is 0 Å². The molecule has 4 nitrogen and oxygen atoms in total. The maximum absolute atomic E-state index is 12.0. The van der Waals surface area contributed by atoms with Gasteiger partial charge in [-0.1, -0.05) is 6.92 Å². The van der Waals surface area contributed by atoms with Crippen molar-refractivity contribution >= 4 is 11.8 Å². The van der Waals surface area contributed by atoms with E-state index < -0.39 is 5.92 Å². The van der Waals surface area contributed by atoms with Gasteiger partial charge in [0.05, 0.1) is 20.1 Å². The van der Waals surface area contributed by atoms with Gasteiger partial charge in [0.2, 0.25) is 0 Å². The molecule has 0 spiro atoms. The van der Waals surface area contributed by atoms with E-state index in [-0.39, 0.29) is 18.2 Å². The Labute approximate surface area is 107 Å². The van der Waals surface area contributed by atoms with Gasteiger partial charge in [-0.05, 0) is 30.7 Å². The predicted octanol–water partition coefficient (Wildman–Crippen LogP) is 2.39. The molecule has 0 fully saturated rings. The molecule has 0 aliphatic heterocycles. The minimum atomic E-state index is -0.426. The van der Waals surface area contributed by atoms with E-state index in [0.717, 1.165) is 11.3 Å². The van der Waals surface area contributed by atoms with E-state index in [9.17, 15) is 9.59 Å². The molecular weight excluding hydrogens is 232 g/mol. The van der Waals surface area contributed by atoms with Crippen LogP contribution in [0.2, 0.25) is 0 Å². The number of benzene rings is 1. The van der Waals surface area contributed by atoms with Crippen LogP contribution in [0, 0.1) is 12.8 Å². The zero-order valence-corrected chi connectivity index (χ0v) is 11.1. The van der Waals surface area contributed by atoms with Gasteiger partial charge < -0.3 is 9.47 Å². The van der Waals surface area contributed by atoms with E-state index in [1.54, 1.807) is 32.2 Å². The summed E-state index contributed by atoms with van der Waals surface area (Å²) in [5.74, 6) is -0.121. The first-order valence-electron chi connectivity index (χ1n) is 5.75. The second-order valence-corrected chi connectivity index (χ2v) is 4.24. The van der Waals surface area contributed by atoms with E-state index in [2.05, 4.69) is 4.74 Å². The van der Waals surface area contributed by atoms with Crippen LogP contribution < -0.4 is 4.74 Å². The van der Waals surface area contributed by atoms with Crippen molar-refractivity contribution in [2.24, 2.45) is 5.92 Å². The van der Waals surface area contributed by atoms with Gasteiger partial charge in [0.25, 0.3) is 0 Å². The molecule has 0 bridgehead atoms. The van der Waals surface area contributed by atoms with Crippen LogP contribution in [0.4, 0.5) is 0 Å². The Kier molecular flexibility index (Phi) is 4.89. The van der Waals surface area contributed by atoms with Crippen LogP contribution in [0.3, 0.4) is 0 Å². The van der Waals surface area contributed by atoms with Crippen molar-refractivity contribution in [1.82, 2.24) is 0 Å². The number of ether oxygens (including phenoxy) is 2. The van der Waals surface area contributed by atoms with Crippen molar-refractivity contribution in [3.8, 4) is 5.75 Å². The molecule has 0 aliphatic rings. The zero-order valence-electron chi connectivity index (χ0n) is 11.1. The smallest absolute Gasteiger partial charge is 0.308 e. The molecule has 0 radical (unpaired) electrons. The molecule has 0 N–H and O–H groups in total. The molecule has 1 rings (SSSR count). The molecule has 0 aromatic heterocycles. The summed E-state index contributed by atoms with van der Waals surface area (Å²) in [4.78, 5) is 23.2. The molecular formula is C14H18O4. The lowest BCUT2D eigenvalue weighted by Gasteiger charge is -2.10. The van der Waals surface area contributed by atoms with E-state index in [1.807, 2.05) is 6.92 Å². The van der Waals surface area contributed by atoms with E-state index in [1.165, 1.54) is 7.11 Å². The highest BCUT2D eigenvalue weighted by Gasteiger charge is 2.18. The van der Waals surface area contributed by atoms with Crippen molar-refractivity contribution < 1.29 is 19.1 Å². The maximum Gasteiger partial charge on any atom is 0.308 e. The fourth-order valence-electron chi connectivity index (χ4n) is 1.73. The minimum Gasteiger partial charge on any atom is -0.496 e. The van der Waals surface area contributed by atoms with Crippen LogP contribution in [0.25, 0.3) is 0 Å². The quantitative estimate of drug-likeness (QED) is 0.594. The third kappa shape index (κ3) is 3.32. The molecule has 0 amide bonds. The van der Waals surface area contributed by atoms with E-state index in [4.69, 9.17) is 4.74 Å². The lowest BCUT2D eigenvalue weighted by Crippen LogP contribution is -2.17. The molecule has 0 saturated carbocycles. The Bertz CT molecular complexity index is 451. The summed E-state index contributed by atoms with van der Waals surface area (Å²) in [6, 6.07) is 5.23. The summed E-state index contributed by atoms with van der Waals surface area (Å²) in [7, 11) is 2.91. The number of methoxy groups -OCH3 is 2. The van der Waals surface area contributed by atoms with E-state index in [0.29, 0.717) is 5.56 Å².